The van der Waals surface area contributed by atoms with E-state index in [-0.39, 0.29) is 22.6 Å². The molecule has 6 nitrogen and oxygen atoms in total. The molecule has 2 rings (SSSR count). The van der Waals surface area contributed by atoms with Crippen LogP contribution < -0.4 is 4.72 Å². The van der Waals surface area contributed by atoms with E-state index in [0.29, 0.717) is 24.9 Å². The Labute approximate surface area is 124 Å². The summed E-state index contributed by atoms with van der Waals surface area (Å²) in [4.78, 5) is 24.3. The number of carbonyl (C=O) groups is 2. The third-order valence-corrected chi connectivity index (χ3v) is 5.02. The number of Topliss-reactive ketones (excluding diaryl/α,β-unsaturated/α-hetero) is 1. The van der Waals surface area contributed by atoms with Gasteiger partial charge in [0.1, 0.15) is 0 Å². The van der Waals surface area contributed by atoms with Crippen molar-refractivity contribution < 1.29 is 18.0 Å². The van der Waals surface area contributed by atoms with Gasteiger partial charge in [-0.25, -0.2) is 13.1 Å². The lowest BCUT2D eigenvalue weighted by atomic mass is 10.1. The number of hydrogen-bond acceptors (Lipinski definition) is 4. The average Bonchev–Trinajstić information content (AvgIpc) is 2.43. The van der Waals surface area contributed by atoms with Gasteiger partial charge in [-0.2, -0.15) is 0 Å². The Morgan fingerprint density at radius 3 is 2.71 bits per heavy atom. The first kappa shape index (κ1) is 15.7. The number of nitrogens with zero attached hydrogens (tertiary/aromatic N) is 1. The first-order chi connectivity index (χ1) is 9.79. The van der Waals surface area contributed by atoms with Gasteiger partial charge in [0.25, 0.3) is 0 Å². The van der Waals surface area contributed by atoms with Crippen molar-refractivity contribution in [3.8, 4) is 0 Å². The Hall–Kier alpha value is -1.73. The standard InChI is InChI=1S/C14H18N2O4S/c1-10(17)11-4-3-5-13(8-11)21(19,20)15-12-6-7-14(18)16(2)9-12/h3-5,8,12,15H,6-7,9H2,1-2H3. The number of hydrogen-bond donors (Lipinski definition) is 1. The second-order valence-electron chi connectivity index (χ2n) is 5.22. The van der Waals surface area contributed by atoms with E-state index in [0.717, 1.165) is 0 Å². The SMILES string of the molecule is CC(=O)c1cccc(S(=O)(=O)NC2CCC(=O)N(C)C2)c1. The summed E-state index contributed by atoms with van der Waals surface area (Å²) in [5.41, 5.74) is 0.355. The number of ketones is 1. The summed E-state index contributed by atoms with van der Waals surface area (Å²) in [5.74, 6) is -0.168. The molecule has 1 N–H and O–H groups in total. The Balaban J connectivity index is 2.17. The highest BCUT2D eigenvalue weighted by Crippen LogP contribution is 2.16. The Morgan fingerprint density at radius 1 is 1.38 bits per heavy atom. The molecular weight excluding hydrogens is 292 g/mol. The van der Waals surface area contributed by atoms with Crippen LogP contribution in [0.4, 0.5) is 0 Å². The number of rotatable bonds is 4. The van der Waals surface area contributed by atoms with Crippen LogP contribution in [0.25, 0.3) is 0 Å². The topological polar surface area (TPSA) is 83.5 Å². The molecule has 0 spiro atoms. The molecule has 21 heavy (non-hydrogen) atoms. The highest BCUT2D eigenvalue weighted by Gasteiger charge is 2.27. The molecule has 1 amide bonds. The lowest BCUT2D eigenvalue weighted by molar-refractivity contribution is -0.132. The molecule has 1 aliphatic heterocycles. The summed E-state index contributed by atoms with van der Waals surface area (Å²) in [5, 5.41) is 0. The summed E-state index contributed by atoms with van der Waals surface area (Å²) >= 11 is 0. The zero-order valence-electron chi connectivity index (χ0n) is 12.0. The first-order valence-corrected chi connectivity index (χ1v) is 8.15. The third-order valence-electron chi connectivity index (χ3n) is 3.50. The largest absolute Gasteiger partial charge is 0.344 e. The predicted octanol–water partition coefficient (Wildman–Crippen LogP) is 0.788. The molecule has 0 radical (unpaired) electrons. The molecule has 0 aliphatic carbocycles. The van der Waals surface area contributed by atoms with Gasteiger partial charge >= 0.3 is 0 Å². The van der Waals surface area contributed by atoms with Crippen molar-refractivity contribution in [3.05, 3.63) is 29.8 Å². The monoisotopic (exact) mass is 310 g/mol. The lowest BCUT2D eigenvalue weighted by Gasteiger charge is -2.29. The van der Waals surface area contributed by atoms with Crippen LogP contribution in [0.3, 0.4) is 0 Å². The number of carbonyl (C=O) groups excluding carboxylic acids is 2. The summed E-state index contributed by atoms with van der Waals surface area (Å²) in [6.07, 6.45) is 0.811. The summed E-state index contributed by atoms with van der Waals surface area (Å²) < 4.78 is 27.3. The van der Waals surface area contributed by atoms with Crippen molar-refractivity contribution in [1.29, 1.82) is 0 Å². The highest BCUT2D eigenvalue weighted by atomic mass is 32.2. The maximum absolute atomic E-state index is 12.3. The lowest BCUT2D eigenvalue weighted by Crippen LogP contribution is -2.48. The van der Waals surface area contributed by atoms with Gasteiger partial charge in [-0.3, -0.25) is 9.59 Å². The van der Waals surface area contributed by atoms with Gasteiger partial charge in [0.05, 0.1) is 4.90 Å². The van der Waals surface area contributed by atoms with E-state index in [1.165, 1.54) is 24.0 Å². The molecule has 114 valence electrons. The summed E-state index contributed by atoms with van der Waals surface area (Å²) in [7, 11) is -2.05. The van der Waals surface area contributed by atoms with Crippen LogP contribution in [0.1, 0.15) is 30.1 Å². The van der Waals surface area contributed by atoms with Crippen LogP contribution in [0.2, 0.25) is 0 Å². The normalized spacial score (nSPS) is 19.6. The van der Waals surface area contributed by atoms with Crippen molar-refractivity contribution in [3.63, 3.8) is 0 Å². The Bertz CT molecular complexity index is 669. The van der Waals surface area contributed by atoms with Crippen molar-refractivity contribution in [2.75, 3.05) is 13.6 Å². The van der Waals surface area contributed by atoms with Gasteiger partial charge in [-0.1, -0.05) is 12.1 Å². The van der Waals surface area contributed by atoms with E-state index in [9.17, 15) is 18.0 Å². The smallest absolute Gasteiger partial charge is 0.240 e. The minimum absolute atomic E-state index is 0.0176. The number of piperidine rings is 1. The molecule has 1 atom stereocenters. The fraction of sp³-hybridized carbons (Fsp3) is 0.429. The Kier molecular flexibility index (Phi) is 4.43. The van der Waals surface area contributed by atoms with Crippen LogP contribution in [-0.2, 0) is 14.8 Å². The van der Waals surface area contributed by atoms with Crippen LogP contribution in [0.5, 0.6) is 0 Å². The van der Waals surface area contributed by atoms with E-state index >= 15 is 0 Å². The van der Waals surface area contributed by atoms with Gasteiger partial charge in [0.15, 0.2) is 5.78 Å². The second kappa shape index (κ2) is 5.95. The third kappa shape index (κ3) is 3.68. The van der Waals surface area contributed by atoms with E-state index in [2.05, 4.69) is 4.72 Å². The first-order valence-electron chi connectivity index (χ1n) is 6.67. The number of likely N-dealkylation sites (N-methyl/N-ethyl adjacent to an activating group) is 1. The summed E-state index contributed by atoms with van der Waals surface area (Å²) in [6, 6.07) is 5.63. The van der Waals surface area contributed by atoms with Crippen LogP contribution >= 0.6 is 0 Å². The Morgan fingerprint density at radius 2 is 2.10 bits per heavy atom. The van der Waals surface area contributed by atoms with Gasteiger partial charge in [-0.15, -0.1) is 0 Å². The zero-order chi connectivity index (χ0) is 15.6. The van der Waals surface area contributed by atoms with Crippen molar-refractivity contribution in [2.24, 2.45) is 0 Å². The van der Waals surface area contributed by atoms with Crippen LogP contribution in [-0.4, -0.2) is 44.6 Å². The van der Waals surface area contributed by atoms with Gasteiger partial charge < -0.3 is 4.90 Å². The average molecular weight is 310 g/mol. The molecule has 1 heterocycles. The van der Waals surface area contributed by atoms with Gasteiger partial charge in [0, 0.05) is 31.6 Å². The van der Waals surface area contributed by atoms with E-state index in [1.54, 1.807) is 19.2 Å². The van der Waals surface area contributed by atoms with E-state index in [1.807, 2.05) is 0 Å². The number of sulfonamides is 1. The molecular formula is C14H18N2O4S. The minimum Gasteiger partial charge on any atom is -0.344 e. The predicted molar refractivity (Wildman–Crippen MR) is 77.4 cm³/mol. The van der Waals surface area contributed by atoms with Crippen LogP contribution in [0, 0.1) is 0 Å². The highest BCUT2D eigenvalue weighted by molar-refractivity contribution is 7.89. The number of benzene rings is 1. The fourth-order valence-electron chi connectivity index (χ4n) is 2.28. The number of nitrogens with one attached hydrogen (secondary N) is 1. The second-order valence-corrected chi connectivity index (χ2v) is 6.93. The molecule has 0 aromatic heterocycles. The molecule has 0 saturated carbocycles. The maximum Gasteiger partial charge on any atom is 0.240 e. The van der Waals surface area contributed by atoms with E-state index < -0.39 is 10.0 Å². The van der Waals surface area contributed by atoms with Crippen molar-refractivity contribution >= 4 is 21.7 Å². The fourth-order valence-corrected chi connectivity index (χ4v) is 3.59. The molecule has 0 bridgehead atoms. The molecule has 1 aliphatic rings. The van der Waals surface area contributed by atoms with Crippen molar-refractivity contribution in [1.82, 2.24) is 9.62 Å². The number of amides is 1. The van der Waals surface area contributed by atoms with Gasteiger partial charge in [-0.05, 0) is 25.5 Å². The minimum atomic E-state index is -3.70. The molecule has 1 aromatic rings. The van der Waals surface area contributed by atoms with E-state index in [4.69, 9.17) is 0 Å². The molecule has 7 heteroatoms. The van der Waals surface area contributed by atoms with Crippen LogP contribution in [0.15, 0.2) is 29.2 Å². The van der Waals surface area contributed by atoms with Gasteiger partial charge in [0.2, 0.25) is 15.9 Å². The zero-order valence-corrected chi connectivity index (χ0v) is 12.8. The molecule has 1 aromatic carbocycles. The molecule has 1 unspecified atom stereocenters. The number of likely N-dealkylation sites (tertiary alicyclic amines) is 1. The maximum atomic E-state index is 12.3. The summed E-state index contributed by atoms with van der Waals surface area (Å²) in [6.45, 7) is 1.74. The van der Waals surface area contributed by atoms with Crippen molar-refractivity contribution in [2.45, 2.75) is 30.7 Å². The quantitative estimate of drug-likeness (QED) is 0.833. The molecule has 1 saturated heterocycles. The molecule has 1 fully saturated rings.